The van der Waals surface area contributed by atoms with E-state index in [9.17, 15) is 14.4 Å². The number of rotatable bonds is 6. The molecule has 4 rings (SSSR count). The zero-order chi connectivity index (χ0) is 22.7. The van der Waals surface area contributed by atoms with Crippen molar-refractivity contribution in [2.75, 3.05) is 25.0 Å². The molecular weight excluding hydrogens is 452 g/mol. The number of piperidine rings is 1. The summed E-state index contributed by atoms with van der Waals surface area (Å²) in [5.74, 6) is -0.218. The Morgan fingerprint density at radius 2 is 1.94 bits per heavy atom. The van der Waals surface area contributed by atoms with Crippen LogP contribution in [-0.2, 0) is 22.7 Å². The summed E-state index contributed by atoms with van der Waals surface area (Å²) in [6.07, 6.45) is 2.83. The van der Waals surface area contributed by atoms with E-state index in [2.05, 4.69) is 25.5 Å². The SMILES string of the molecule is CNC(=O)C1CCN(c2nc3ncn(CC(=O)NCc4ccc(Cl)cc4)c(=O)c3s2)CC1. The van der Waals surface area contributed by atoms with Gasteiger partial charge in [0.2, 0.25) is 11.8 Å². The first-order valence-electron chi connectivity index (χ1n) is 10.3. The second-order valence-electron chi connectivity index (χ2n) is 7.61. The van der Waals surface area contributed by atoms with Crippen LogP contribution in [0.1, 0.15) is 18.4 Å². The van der Waals surface area contributed by atoms with E-state index < -0.39 is 0 Å². The molecule has 168 valence electrons. The van der Waals surface area contributed by atoms with Crippen molar-refractivity contribution in [2.45, 2.75) is 25.9 Å². The Hall–Kier alpha value is -2.98. The lowest BCUT2D eigenvalue weighted by molar-refractivity contribution is -0.125. The third kappa shape index (κ3) is 4.91. The molecule has 1 aromatic carbocycles. The summed E-state index contributed by atoms with van der Waals surface area (Å²) in [5.41, 5.74) is 0.998. The van der Waals surface area contributed by atoms with E-state index in [0.717, 1.165) is 18.4 Å². The van der Waals surface area contributed by atoms with Crippen molar-refractivity contribution >= 4 is 50.2 Å². The highest BCUT2D eigenvalue weighted by atomic mass is 35.5. The fourth-order valence-electron chi connectivity index (χ4n) is 3.63. The van der Waals surface area contributed by atoms with E-state index >= 15 is 0 Å². The van der Waals surface area contributed by atoms with Crippen molar-refractivity contribution in [2.24, 2.45) is 5.92 Å². The van der Waals surface area contributed by atoms with Gasteiger partial charge in [-0.2, -0.15) is 4.98 Å². The molecule has 3 aromatic rings. The van der Waals surface area contributed by atoms with E-state index in [1.165, 1.54) is 22.2 Å². The molecule has 11 heteroatoms. The first kappa shape index (κ1) is 22.2. The van der Waals surface area contributed by atoms with Crippen LogP contribution in [0.5, 0.6) is 0 Å². The number of hydrogen-bond acceptors (Lipinski definition) is 7. The molecule has 0 spiro atoms. The second-order valence-corrected chi connectivity index (χ2v) is 9.02. The van der Waals surface area contributed by atoms with Gasteiger partial charge >= 0.3 is 0 Å². The molecule has 0 unspecified atom stereocenters. The number of carbonyl (C=O) groups excluding carboxylic acids is 2. The number of halogens is 1. The fourth-order valence-corrected chi connectivity index (χ4v) is 4.78. The van der Waals surface area contributed by atoms with E-state index in [1.807, 2.05) is 12.1 Å². The summed E-state index contributed by atoms with van der Waals surface area (Å²) in [6, 6.07) is 7.18. The van der Waals surface area contributed by atoms with E-state index in [1.54, 1.807) is 19.2 Å². The maximum Gasteiger partial charge on any atom is 0.273 e. The largest absolute Gasteiger partial charge is 0.359 e. The Balaban J connectivity index is 1.41. The number of anilines is 1. The molecule has 1 aliphatic rings. The number of nitrogens with zero attached hydrogens (tertiary/aromatic N) is 4. The van der Waals surface area contributed by atoms with Gasteiger partial charge in [-0.15, -0.1) is 0 Å². The molecule has 9 nitrogen and oxygen atoms in total. The standard InChI is InChI=1S/C21H23ClN6O3S/c1-23-19(30)14-6-8-27(9-7-14)21-26-18-17(32-21)20(31)28(12-25-18)11-16(29)24-10-13-2-4-15(22)5-3-13/h2-5,12,14H,6-11H2,1H3,(H,23,30)(H,24,29). The quantitative estimate of drug-likeness (QED) is 0.563. The summed E-state index contributed by atoms with van der Waals surface area (Å²) in [6.45, 7) is 1.61. The zero-order valence-electron chi connectivity index (χ0n) is 17.5. The summed E-state index contributed by atoms with van der Waals surface area (Å²) < 4.78 is 1.71. The Bertz CT molecular complexity index is 1180. The van der Waals surface area contributed by atoms with Gasteiger partial charge in [-0.05, 0) is 30.5 Å². The molecule has 0 bridgehead atoms. The predicted molar refractivity (Wildman–Crippen MR) is 124 cm³/mol. The van der Waals surface area contributed by atoms with Crippen LogP contribution in [0.3, 0.4) is 0 Å². The molecule has 2 N–H and O–H groups in total. The number of carbonyl (C=O) groups is 2. The molecular formula is C21H23ClN6O3S. The number of fused-ring (bicyclic) bond motifs is 1. The minimum absolute atomic E-state index is 0.00682. The molecule has 0 saturated carbocycles. The van der Waals surface area contributed by atoms with Crippen LogP contribution in [-0.4, -0.2) is 46.5 Å². The Morgan fingerprint density at radius 3 is 2.62 bits per heavy atom. The van der Waals surface area contributed by atoms with Gasteiger partial charge in [0, 0.05) is 37.6 Å². The minimum Gasteiger partial charge on any atom is -0.359 e. The molecule has 1 fully saturated rings. The average molecular weight is 475 g/mol. The molecule has 1 saturated heterocycles. The molecule has 1 aliphatic heterocycles. The molecule has 32 heavy (non-hydrogen) atoms. The van der Waals surface area contributed by atoms with Crippen molar-refractivity contribution in [3.63, 3.8) is 0 Å². The maximum atomic E-state index is 12.9. The van der Waals surface area contributed by atoms with Gasteiger partial charge < -0.3 is 15.5 Å². The van der Waals surface area contributed by atoms with Crippen molar-refractivity contribution in [3.05, 3.63) is 51.5 Å². The van der Waals surface area contributed by atoms with Gasteiger partial charge in [-0.25, -0.2) is 4.98 Å². The predicted octanol–water partition coefficient (Wildman–Crippen LogP) is 1.79. The smallest absolute Gasteiger partial charge is 0.273 e. The Labute approximate surface area is 193 Å². The van der Waals surface area contributed by atoms with Crippen molar-refractivity contribution in [3.8, 4) is 0 Å². The first-order chi connectivity index (χ1) is 15.4. The highest BCUT2D eigenvalue weighted by molar-refractivity contribution is 7.22. The van der Waals surface area contributed by atoms with Crippen molar-refractivity contribution < 1.29 is 9.59 Å². The summed E-state index contributed by atoms with van der Waals surface area (Å²) in [7, 11) is 1.65. The van der Waals surface area contributed by atoms with Crippen LogP contribution in [0, 0.1) is 5.92 Å². The van der Waals surface area contributed by atoms with Crippen LogP contribution in [0.25, 0.3) is 10.3 Å². The van der Waals surface area contributed by atoms with Crippen LogP contribution in [0.4, 0.5) is 5.13 Å². The number of benzene rings is 1. The van der Waals surface area contributed by atoms with Gasteiger partial charge in [0.05, 0.1) is 0 Å². The topological polar surface area (TPSA) is 109 Å². The minimum atomic E-state index is -0.291. The number of amides is 2. The summed E-state index contributed by atoms with van der Waals surface area (Å²) in [4.78, 5) is 47.9. The van der Waals surface area contributed by atoms with Crippen molar-refractivity contribution in [1.29, 1.82) is 0 Å². The highest BCUT2D eigenvalue weighted by Gasteiger charge is 2.26. The normalized spacial score (nSPS) is 14.5. The summed E-state index contributed by atoms with van der Waals surface area (Å²) >= 11 is 7.14. The molecule has 0 radical (unpaired) electrons. The molecule has 2 amide bonds. The maximum absolute atomic E-state index is 12.9. The lowest BCUT2D eigenvalue weighted by Crippen LogP contribution is -2.39. The number of nitrogens with one attached hydrogen (secondary N) is 2. The average Bonchev–Trinajstić information content (AvgIpc) is 3.25. The molecule has 0 atom stereocenters. The van der Waals surface area contributed by atoms with Crippen LogP contribution in [0.15, 0.2) is 35.4 Å². The number of thiazole rings is 1. The monoisotopic (exact) mass is 474 g/mol. The Morgan fingerprint density at radius 1 is 1.22 bits per heavy atom. The zero-order valence-corrected chi connectivity index (χ0v) is 19.1. The second kappa shape index (κ2) is 9.66. The summed E-state index contributed by atoms with van der Waals surface area (Å²) in [5, 5.41) is 6.84. The van der Waals surface area contributed by atoms with Crippen molar-refractivity contribution in [1.82, 2.24) is 25.2 Å². The fraction of sp³-hybridized carbons (Fsp3) is 0.381. The lowest BCUT2D eigenvalue weighted by Gasteiger charge is -2.30. The van der Waals surface area contributed by atoms with Gasteiger partial charge in [0.15, 0.2) is 10.8 Å². The van der Waals surface area contributed by atoms with Gasteiger partial charge in [-0.1, -0.05) is 35.1 Å². The highest BCUT2D eigenvalue weighted by Crippen LogP contribution is 2.29. The van der Waals surface area contributed by atoms with E-state index in [-0.39, 0.29) is 29.8 Å². The number of hydrogen-bond donors (Lipinski definition) is 2. The Kier molecular flexibility index (Phi) is 6.71. The van der Waals surface area contributed by atoms with E-state index in [4.69, 9.17) is 11.6 Å². The third-order valence-corrected chi connectivity index (χ3v) is 6.82. The van der Waals surface area contributed by atoms with Gasteiger partial charge in [-0.3, -0.25) is 19.0 Å². The van der Waals surface area contributed by atoms with Gasteiger partial charge in [0.25, 0.3) is 5.56 Å². The first-order valence-corrected chi connectivity index (χ1v) is 11.5. The number of aromatic nitrogens is 3. The molecule has 0 aliphatic carbocycles. The lowest BCUT2D eigenvalue weighted by atomic mass is 9.96. The van der Waals surface area contributed by atoms with Crippen LogP contribution < -0.4 is 21.1 Å². The molecule has 3 heterocycles. The van der Waals surface area contributed by atoms with Crippen LogP contribution in [0.2, 0.25) is 5.02 Å². The molecule has 2 aromatic heterocycles. The van der Waals surface area contributed by atoms with Crippen LogP contribution >= 0.6 is 22.9 Å². The van der Waals surface area contributed by atoms with Gasteiger partial charge in [0.1, 0.15) is 17.6 Å². The van der Waals surface area contributed by atoms with E-state index in [0.29, 0.717) is 40.1 Å². The third-order valence-electron chi connectivity index (χ3n) is 5.47.